The normalized spacial score (nSPS) is 17.8. The Morgan fingerprint density at radius 3 is 3.00 bits per heavy atom. The number of oxazole rings is 1. The van der Waals surface area contributed by atoms with Crippen LogP contribution in [0.3, 0.4) is 0 Å². The van der Waals surface area contributed by atoms with E-state index in [-0.39, 0.29) is 12.0 Å². The van der Waals surface area contributed by atoms with Crippen LogP contribution in [-0.2, 0) is 15.3 Å². The average molecular weight is 334 g/mol. The SMILES string of the molecule is O=C(NOC1CCCCO1)c1coc(SCc2ccccc2)n1. The number of thioether (sulfide) groups is 1. The molecule has 0 radical (unpaired) electrons. The Bertz CT molecular complexity index is 626. The second-order valence-electron chi connectivity index (χ2n) is 5.12. The Kier molecular flexibility index (Phi) is 5.68. The molecule has 1 unspecified atom stereocenters. The zero-order valence-corrected chi connectivity index (χ0v) is 13.4. The van der Waals surface area contributed by atoms with Crippen molar-refractivity contribution in [1.29, 1.82) is 0 Å². The van der Waals surface area contributed by atoms with E-state index in [4.69, 9.17) is 14.0 Å². The average Bonchev–Trinajstić information content (AvgIpc) is 3.09. The second-order valence-corrected chi connectivity index (χ2v) is 6.04. The smallest absolute Gasteiger partial charge is 0.296 e. The molecule has 2 heterocycles. The molecule has 0 aliphatic carbocycles. The molecule has 1 saturated heterocycles. The van der Waals surface area contributed by atoms with Gasteiger partial charge in [-0.3, -0.25) is 4.79 Å². The minimum absolute atomic E-state index is 0.191. The Hall–Kier alpha value is -1.83. The summed E-state index contributed by atoms with van der Waals surface area (Å²) in [5, 5.41) is 0.452. The van der Waals surface area contributed by atoms with Gasteiger partial charge >= 0.3 is 0 Å². The molecule has 6 nitrogen and oxygen atoms in total. The number of hydrogen-bond donors (Lipinski definition) is 1. The van der Waals surface area contributed by atoms with Gasteiger partial charge in [0.1, 0.15) is 6.26 Å². The molecule has 0 bridgehead atoms. The molecule has 1 atom stereocenters. The number of nitrogens with one attached hydrogen (secondary N) is 1. The van der Waals surface area contributed by atoms with Gasteiger partial charge in [-0.1, -0.05) is 42.1 Å². The largest absolute Gasteiger partial charge is 0.439 e. The van der Waals surface area contributed by atoms with Gasteiger partial charge in [0.2, 0.25) is 0 Å². The molecule has 2 aromatic rings. The van der Waals surface area contributed by atoms with Gasteiger partial charge in [-0.25, -0.2) is 10.3 Å². The monoisotopic (exact) mass is 334 g/mol. The number of nitrogens with zero attached hydrogens (tertiary/aromatic N) is 1. The lowest BCUT2D eigenvalue weighted by Gasteiger charge is -2.21. The number of carbonyl (C=O) groups is 1. The fourth-order valence-electron chi connectivity index (χ4n) is 2.12. The highest BCUT2D eigenvalue weighted by molar-refractivity contribution is 7.98. The number of aromatic nitrogens is 1. The van der Waals surface area contributed by atoms with E-state index in [0.717, 1.165) is 25.0 Å². The molecule has 7 heteroatoms. The van der Waals surface area contributed by atoms with Crippen LogP contribution >= 0.6 is 11.8 Å². The van der Waals surface area contributed by atoms with Crippen LogP contribution in [0.15, 0.2) is 46.2 Å². The van der Waals surface area contributed by atoms with Crippen LogP contribution in [0.2, 0.25) is 0 Å². The van der Waals surface area contributed by atoms with Crippen LogP contribution in [0.1, 0.15) is 35.3 Å². The molecule has 1 aromatic carbocycles. The number of ether oxygens (including phenoxy) is 1. The third-order valence-corrected chi connectivity index (χ3v) is 4.25. The van der Waals surface area contributed by atoms with E-state index in [9.17, 15) is 4.79 Å². The first-order valence-electron chi connectivity index (χ1n) is 7.51. The molecule has 0 spiro atoms. The Morgan fingerprint density at radius 2 is 2.22 bits per heavy atom. The predicted molar refractivity (Wildman–Crippen MR) is 84.6 cm³/mol. The minimum atomic E-state index is -0.436. The van der Waals surface area contributed by atoms with Crippen LogP contribution in [0.4, 0.5) is 0 Å². The van der Waals surface area contributed by atoms with Gasteiger partial charge in [0.15, 0.2) is 12.0 Å². The maximum Gasteiger partial charge on any atom is 0.296 e. The fraction of sp³-hybridized carbons (Fsp3) is 0.375. The maximum absolute atomic E-state index is 12.0. The molecule has 0 saturated carbocycles. The first kappa shape index (κ1) is 16.0. The predicted octanol–water partition coefficient (Wildman–Crippen LogP) is 3.15. The highest BCUT2D eigenvalue weighted by Gasteiger charge is 2.18. The minimum Gasteiger partial charge on any atom is -0.439 e. The third-order valence-electron chi connectivity index (χ3n) is 3.34. The van der Waals surface area contributed by atoms with Gasteiger partial charge < -0.3 is 9.15 Å². The standard InChI is InChI=1S/C16H18N2O4S/c19-15(18-22-14-8-4-5-9-20-14)13-10-21-16(17-13)23-11-12-6-2-1-3-7-12/h1-3,6-7,10,14H,4-5,8-9,11H2,(H,18,19). The lowest BCUT2D eigenvalue weighted by molar-refractivity contribution is -0.186. The molecule has 23 heavy (non-hydrogen) atoms. The van der Waals surface area contributed by atoms with Crippen molar-refractivity contribution >= 4 is 17.7 Å². The van der Waals surface area contributed by atoms with Gasteiger partial charge in [-0.15, -0.1) is 0 Å². The van der Waals surface area contributed by atoms with Gasteiger partial charge in [-0.05, 0) is 18.4 Å². The quantitative estimate of drug-likeness (QED) is 0.646. The Labute approximate surface area is 138 Å². The van der Waals surface area contributed by atoms with E-state index >= 15 is 0 Å². The summed E-state index contributed by atoms with van der Waals surface area (Å²) < 4.78 is 10.7. The molecular weight excluding hydrogens is 316 g/mol. The number of hydroxylamine groups is 1. The van der Waals surface area contributed by atoms with Crippen molar-refractivity contribution in [2.75, 3.05) is 6.61 Å². The number of carbonyl (C=O) groups excluding carboxylic acids is 1. The zero-order valence-electron chi connectivity index (χ0n) is 12.6. The van der Waals surface area contributed by atoms with Gasteiger partial charge in [0, 0.05) is 18.8 Å². The summed E-state index contributed by atoms with van der Waals surface area (Å²) >= 11 is 1.43. The van der Waals surface area contributed by atoms with Crippen LogP contribution in [0.25, 0.3) is 0 Å². The highest BCUT2D eigenvalue weighted by atomic mass is 32.2. The molecule has 1 aliphatic heterocycles. The van der Waals surface area contributed by atoms with Crippen molar-refractivity contribution in [3.05, 3.63) is 47.9 Å². The van der Waals surface area contributed by atoms with Gasteiger partial charge in [0.25, 0.3) is 11.1 Å². The van der Waals surface area contributed by atoms with Crippen molar-refractivity contribution in [2.45, 2.75) is 36.5 Å². The molecule has 1 N–H and O–H groups in total. The van der Waals surface area contributed by atoms with Gasteiger partial charge in [0.05, 0.1) is 0 Å². The highest BCUT2D eigenvalue weighted by Crippen LogP contribution is 2.22. The summed E-state index contributed by atoms with van der Waals surface area (Å²) in [5.74, 6) is 0.295. The lowest BCUT2D eigenvalue weighted by atomic mass is 10.2. The Morgan fingerprint density at radius 1 is 1.35 bits per heavy atom. The van der Waals surface area contributed by atoms with Crippen molar-refractivity contribution in [3.63, 3.8) is 0 Å². The molecule has 1 aliphatic rings. The Balaban J connectivity index is 1.47. The molecule has 1 amide bonds. The van der Waals surface area contributed by atoms with Crippen molar-refractivity contribution in [3.8, 4) is 0 Å². The fourth-order valence-corrected chi connectivity index (χ4v) is 2.88. The van der Waals surface area contributed by atoms with Crippen LogP contribution in [-0.4, -0.2) is 23.8 Å². The molecule has 1 fully saturated rings. The summed E-state index contributed by atoms with van der Waals surface area (Å²) in [4.78, 5) is 21.3. The first-order chi connectivity index (χ1) is 11.3. The molecule has 122 valence electrons. The topological polar surface area (TPSA) is 73.6 Å². The summed E-state index contributed by atoms with van der Waals surface area (Å²) in [7, 11) is 0. The van der Waals surface area contributed by atoms with E-state index in [2.05, 4.69) is 10.5 Å². The van der Waals surface area contributed by atoms with E-state index < -0.39 is 5.91 Å². The zero-order chi connectivity index (χ0) is 15.9. The number of benzene rings is 1. The van der Waals surface area contributed by atoms with Crippen molar-refractivity contribution < 1.29 is 18.8 Å². The summed E-state index contributed by atoms with van der Waals surface area (Å²) in [6.45, 7) is 0.658. The molecule has 1 aromatic heterocycles. The summed E-state index contributed by atoms with van der Waals surface area (Å²) in [5.41, 5.74) is 3.72. The number of rotatable bonds is 6. The van der Waals surface area contributed by atoms with E-state index in [1.165, 1.54) is 23.6 Å². The van der Waals surface area contributed by atoms with Crippen LogP contribution < -0.4 is 5.48 Å². The van der Waals surface area contributed by atoms with Gasteiger partial charge in [-0.2, -0.15) is 4.98 Å². The van der Waals surface area contributed by atoms with E-state index in [0.29, 0.717) is 11.8 Å². The van der Waals surface area contributed by atoms with Crippen LogP contribution in [0, 0.1) is 0 Å². The number of amides is 1. The first-order valence-corrected chi connectivity index (χ1v) is 8.49. The van der Waals surface area contributed by atoms with E-state index in [1.807, 2.05) is 30.3 Å². The maximum atomic E-state index is 12.0. The van der Waals surface area contributed by atoms with Crippen LogP contribution in [0.5, 0.6) is 0 Å². The van der Waals surface area contributed by atoms with E-state index in [1.54, 1.807) is 0 Å². The third kappa shape index (κ3) is 4.82. The molecular formula is C16H18N2O4S. The van der Waals surface area contributed by atoms with Crippen molar-refractivity contribution in [1.82, 2.24) is 10.5 Å². The van der Waals surface area contributed by atoms with Crippen molar-refractivity contribution in [2.24, 2.45) is 0 Å². The second kappa shape index (κ2) is 8.14. The summed E-state index contributed by atoms with van der Waals surface area (Å²) in [6.07, 6.45) is 3.78. The number of hydrogen-bond acceptors (Lipinski definition) is 6. The lowest BCUT2D eigenvalue weighted by Crippen LogP contribution is -2.33. The molecule has 3 rings (SSSR count). The summed E-state index contributed by atoms with van der Waals surface area (Å²) in [6, 6.07) is 9.99.